The molecule has 0 spiro atoms. The average molecular weight is 221 g/mol. The SMILES string of the molecule is COCC(CO)NCC(C)(O)C(=O)OC. The van der Waals surface area contributed by atoms with Crippen molar-refractivity contribution < 1.29 is 24.5 Å². The lowest BCUT2D eigenvalue weighted by atomic mass is 10.1. The molecule has 3 N–H and O–H groups in total. The van der Waals surface area contributed by atoms with Crippen LogP contribution in [0.15, 0.2) is 0 Å². The van der Waals surface area contributed by atoms with Gasteiger partial charge in [0, 0.05) is 13.7 Å². The molecule has 0 radical (unpaired) electrons. The lowest BCUT2D eigenvalue weighted by Crippen LogP contribution is -2.50. The summed E-state index contributed by atoms with van der Waals surface area (Å²) in [5, 5.41) is 21.3. The van der Waals surface area contributed by atoms with Crippen LogP contribution in [0.1, 0.15) is 6.92 Å². The fraction of sp³-hybridized carbons (Fsp3) is 0.889. The topological polar surface area (TPSA) is 88.0 Å². The molecule has 0 rings (SSSR count). The first kappa shape index (κ1) is 14.3. The lowest BCUT2D eigenvalue weighted by molar-refractivity contribution is -0.160. The molecule has 6 nitrogen and oxygen atoms in total. The molecule has 0 aromatic carbocycles. The van der Waals surface area contributed by atoms with E-state index in [1.807, 2.05) is 0 Å². The molecule has 0 aliphatic carbocycles. The van der Waals surface area contributed by atoms with Gasteiger partial charge in [-0.2, -0.15) is 0 Å². The van der Waals surface area contributed by atoms with E-state index in [4.69, 9.17) is 9.84 Å². The Balaban J connectivity index is 4.05. The van der Waals surface area contributed by atoms with E-state index in [9.17, 15) is 9.90 Å². The Morgan fingerprint density at radius 2 is 2.13 bits per heavy atom. The maximum Gasteiger partial charge on any atom is 0.338 e. The summed E-state index contributed by atoms with van der Waals surface area (Å²) in [6, 6.07) is -0.314. The first-order valence-electron chi connectivity index (χ1n) is 4.62. The molecule has 0 saturated heterocycles. The third-order valence-electron chi connectivity index (χ3n) is 1.95. The summed E-state index contributed by atoms with van der Waals surface area (Å²) in [6.07, 6.45) is 0. The zero-order chi connectivity index (χ0) is 11.9. The maximum atomic E-state index is 11.1. The van der Waals surface area contributed by atoms with Crippen molar-refractivity contribution in [2.75, 3.05) is 34.0 Å². The van der Waals surface area contributed by atoms with Crippen LogP contribution >= 0.6 is 0 Å². The van der Waals surface area contributed by atoms with Gasteiger partial charge in [-0.15, -0.1) is 0 Å². The van der Waals surface area contributed by atoms with E-state index in [2.05, 4.69) is 10.1 Å². The van der Waals surface area contributed by atoms with Crippen LogP contribution in [0.25, 0.3) is 0 Å². The molecule has 15 heavy (non-hydrogen) atoms. The van der Waals surface area contributed by atoms with E-state index in [1.54, 1.807) is 0 Å². The summed E-state index contributed by atoms with van der Waals surface area (Å²) in [7, 11) is 2.71. The monoisotopic (exact) mass is 221 g/mol. The minimum absolute atomic E-state index is 0.00569. The maximum absolute atomic E-state index is 11.1. The fourth-order valence-corrected chi connectivity index (χ4v) is 1.01. The molecule has 0 saturated carbocycles. The molecule has 2 unspecified atom stereocenters. The van der Waals surface area contributed by atoms with Crippen LogP contribution in [0, 0.1) is 0 Å². The molecule has 0 amide bonds. The highest BCUT2D eigenvalue weighted by Gasteiger charge is 2.31. The molecule has 0 heterocycles. The first-order valence-corrected chi connectivity index (χ1v) is 4.62. The molecular formula is C9H19NO5. The molecule has 90 valence electrons. The first-order chi connectivity index (χ1) is 6.97. The van der Waals surface area contributed by atoms with Gasteiger partial charge in [-0.1, -0.05) is 0 Å². The minimum atomic E-state index is -1.60. The predicted molar refractivity (Wildman–Crippen MR) is 53.4 cm³/mol. The molecule has 6 heteroatoms. The normalized spacial score (nSPS) is 16.9. The number of aliphatic hydroxyl groups is 2. The highest BCUT2D eigenvalue weighted by molar-refractivity contribution is 5.78. The zero-order valence-electron chi connectivity index (χ0n) is 9.32. The van der Waals surface area contributed by atoms with E-state index >= 15 is 0 Å². The Hall–Kier alpha value is -0.690. The fourth-order valence-electron chi connectivity index (χ4n) is 1.01. The molecule has 0 aromatic rings. The number of hydrogen-bond acceptors (Lipinski definition) is 6. The van der Waals surface area contributed by atoms with Crippen molar-refractivity contribution in [1.82, 2.24) is 5.32 Å². The van der Waals surface area contributed by atoms with Crippen LogP contribution in [-0.4, -0.2) is 61.8 Å². The molecule has 0 aliphatic heterocycles. The van der Waals surface area contributed by atoms with Crippen molar-refractivity contribution in [2.24, 2.45) is 0 Å². The second kappa shape index (κ2) is 6.73. The lowest BCUT2D eigenvalue weighted by Gasteiger charge is -2.23. The van der Waals surface area contributed by atoms with Crippen LogP contribution in [0.5, 0.6) is 0 Å². The summed E-state index contributed by atoms with van der Waals surface area (Å²) in [5.41, 5.74) is -1.60. The highest BCUT2D eigenvalue weighted by Crippen LogP contribution is 2.04. The molecule has 0 aliphatic rings. The van der Waals surface area contributed by atoms with E-state index in [0.29, 0.717) is 6.61 Å². The van der Waals surface area contributed by atoms with Gasteiger partial charge in [0.25, 0.3) is 0 Å². The number of nitrogens with one attached hydrogen (secondary N) is 1. The van der Waals surface area contributed by atoms with Crippen LogP contribution in [0.4, 0.5) is 0 Å². The molecular weight excluding hydrogens is 202 g/mol. The summed E-state index contributed by atoms with van der Waals surface area (Å²) in [4.78, 5) is 11.1. The molecule has 0 bridgehead atoms. The summed E-state index contributed by atoms with van der Waals surface area (Å²) in [5.74, 6) is -0.718. The Morgan fingerprint density at radius 3 is 2.53 bits per heavy atom. The van der Waals surface area contributed by atoms with Gasteiger partial charge in [-0.3, -0.25) is 0 Å². The second-order valence-electron chi connectivity index (χ2n) is 3.48. The van der Waals surface area contributed by atoms with Gasteiger partial charge in [-0.05, 0) is 6.92 Å². The Morgan fingerprint density at radius 1 is 1.53 bits per heavy atom. The molecule has 0 aromatic heterocycles. The van der Waals surface area contributed by atoms with Crippen molar-refractivity contribution in [3.05, 3.63) is 0 Å². The number of methoxy groups -OCH3 is 2. The number of carbonyl (C=O) groups excluding carboxylic acids is 1. The number of ether oxygens (including phenoxy) is 2. The standard InChI is InChI=1S/C9H19NO5/c1-9(13,8(12)15-3)6-10-7(4-11)5-14-2/h7,10-11,13H,4-6H2,1-3H3. The quantitative estimate of drug-likeness (QED) is 0.454. The van der Waals surface area contributed by atoms with Crippen LogP contribution in [-0.2, 0) is 14.3 Å². The molecule has 2 atom stereocenters. The predicted octanol–water partition coefficient (Wildman–Crippen LogP) is -1.49. The van der Waals surface area contributed by atoms with Crippen molar-refractivity contribution in [1.29, 1.82) is 0 Å². The number of rotatable bonds is 7. The number of esters is 1. The number of carbonyl (C=O) groups is 1. The van der Waals surface area contributed by atoms with Crippen LogP contribution in [0.3, 0.4) is 0 Å². The third kappa shape index (κ3) is 5.08. The Labute approximate surface area is 89.2 Å². The highest BCUT2D eigenvalue weighted by atomic mass is 16.5. The van der Waals surface area contributed by atoms with Gasteiger partial charge in [-0.25, -0.2) is 4.79 Å². The Bertz CT molecular complexity index is 195. The summed E-state index contributed by atoms with van der Waals surface area (Å²) >= 11 is 0. The number of aliphatic hydroxyl groups excluding tert-OH is 1. The van der Waals surface area contributed by atoms with E-state index < -0.39 is 11.6 Å². The second-order valence-corrected chi connectivity index (χ2v) is 3.48. The van der Waals surface area contributed by atoms with E-state index in [1.165, 1.54) is 21.1 Å². The van der Waals surface area contributed by atoms with Crippen molar-refractivity contribution >= 4 is 5.97 Å². The van der Waals surface area contributed by atoms with Crippen LogP contribution < -0.4 is 5.32 Å². The summed E-state index contributed by atoms with van der Waals surface area (Å²) in [6.45, 7) is 1.50. The van der Waals surface area contributed by atoms with Gasteiger partial charge < -0.3 is 25.0 Å². The Kier molecular flexibility index (Phi) is 6.42. The van der Waals surface area contributed by atoms with Gasteiger partial charge in [0.1, 0.15) is 0 Å². The van der Waals surface area contributed by atoms with Gasteiger partial charge in [0.05, 0.1) is 26.4 Å². The minimum Gasteiger partial charge on any atom is -0.467 e. The van der Waals surface area contributed by atoms with Gasteiger partial charge in [0.2, 0.25) is 0 Å². The van der Waals surface area contributed by atoms with Crippen molar-refractivity contribution in [2.45, 2.75) is 18.6 Å². The van der Waals surface area contributed by atoms with Crippen LogP contribution in [0.2, 0.25) is 0 Å². The van der Waals surface area contributed by atoms with Crippen molar-refractivity contribution in [3.63, 3.8) is 0 Å². The van der Waals surface area contributed by atoms with Crippen molar-refractivity contribution in [3.8, 4) is 0 Å². The third-order valence-corrected chi connectivity index (χ3v) is 1.95. The smallest absolute Gasteiger partial charge is 0.338 e. The van der Waals surface area contributed by atoms with E-state index in [-0.39, 0.29) is 19.2 Å². The molecule has 0 fully saturated rings. The average Bonchev–Trinajstić information content (AvgIpc) is 2.22. The largest absolute Gasteiger partial charge is 0.467 e. The van der Waals surface area contributed by atoms with Gasteiger partial charge >= 0.3 is 5.97 Å². The number of hydrogen-bond donors (Lipinski definition) is 3. The van der Waals surface area contributed by atoms with E-state index in [0.717, 1.165) is 0 Å². The zero-order valence-corrected chi connectivity index (χ0v) is 9.32. The van der Waals surface area contributed by atoms with Gasteiger partial charge in [0.15, 0.2) is 5.60 Å². The summed E-state index contributed by atoms with van der Waals surface area (Å²) < 4.78 is 9.24.